The molecule has 0 aliphatic heterocycles. The normalized spacial score (nSPS) is 10.4. The first kappa shape index (κ1) is 15.2. The van der Waals surface area contributed by atoms with Gasteiger partial charge < -0.3 is 15.8 Å². The second-order valence-electron chi connectivity index (χ2n) is 4.36. The number of esters is 1. The lowest BCUT2D eigenvalue weighted by Gasteiger charge is -2.10. The van der Waals surface area contributed by atoms with Crippen molar-refractivity contribution in [1.82, 2.24) is 4.98 Å². The van der Waals surface area contributed by atoms with E-state index in [2.05, 4.69) is 10.3 Å². The number of thiazole rings is 1. The van der Waals surface area contributed by atoms with Crippen LogP contribution in [0.2, 0.25) is 0 Å². The Morgan fingerprint density at radius 2 is 2.29 bits per heavy atom. The van der Waals surface area contributed by atoms with Crippen LogP contribution in [0.3, 0.4) is 0 Å². The zero-order valence-corrected chi connectivity index (χ0v) is 12.6. The van der Waals surface area contributed by atoms with Gasteiger partial charge in [-0.2, -0.15) is 0 Å². The highest BCUT2D eigenvalue weighted by Gasteiger charge is 2.15. The van der Waals surface area contributed by atoms with E-state index in [0.717, 1.165) is 16.0 Å². The predicted molar refractivity (Wildman–Crippen MR) is 80.9 cm³/mol. The van der Waals surface area contributed by atoms with Gasteiger partial charge in [-0.15, -0.1) is 11.3 Å². The molecule has 0 saturated carbocycles. The molecule has 0 atom stereocenters. The molecule has 5 nitrogen and oxygen atoms in total. The molecule has 0 saturated heterocycles. The van der Waals surface area contributed by atoms with Crippen LogP contribution in [0.25, 0.3) is 0 Å². The molecule has 0 fully saturated rings. The van der Waals surface area contributed by atoms with Crippen LogP contribution < -0.4 is 11.1 Å². The fraction of sp³-hybridized carbons (Fsp3) is 0.286. The number of nitrogens with two attached hydrogens (primary N) is 1. The molecule has 2 aromatic rings. The Hall–Kier alpha value is -2.15. The van der Waals surface area contributed by atoms with E-state index in [1.165, 1.54) is 17.4 Å². The molecule has 0 amide bonds. The summed E-state index contributed by atoms with van der Waals surface area (Å²) in [6, 6.07) is 2.48. The van der Waals surface area contributed by atoms with Crippen molar-refractivity contribution in [2.24, 2.45) is 0 Å². The summed E-state index contributed by atoms with van der Waals surface area (Å²) >= 11 is 1.52. The molecule has 21 heavy (non-hydrogen) atoms. The van der Waals surface area contributed by atoms with E-state index in [0.29, 0.717) is 6.54 Å². The van der Waals surface area contributed by atoms with Gasteiger partial charge in [0.1, 0.15) is 10.8 Å². The number of hydrogen-bond donors (Lipinski definition) is 2. The lowest BCUT2D eigenvalue weighted by atomic mass is 10.1. The Balaban J connectivity index is 2.18. The first-order valence-electron chi connectivity index (χ1n) is 6.42. The van der Waals surface area contributed by atoms with Crippen LogP contribution in [0.15, 0.2) is 18.3 Å². The molecule has 0 aliphatic rings. The van der Waals surface area contributed by atoms with Crippen molar-refractivity contribution in [3.8, 4) is 0 Å². The van der Waals surface area contributed by atoms with Crippen molar-refractivity contribution in [3.05, 3.63) is 39.6 Å². The lowest BCUT2D eigenvalue weighted by molar-refractivity contribution is 0.0527. The van der Waals surface area contributed by atoms with Crippen molar-refractivity contribution < 1.29 is 13.9 Å². The van der Waals surface area contributed by atoms with Gasteiger partial charge in [0.2, 0.25) is 0 Å². The summed E-state index contributed by atoms with van der Waals surface area (Å²) in [5.41, 5.74) is 6.05. The second kappa shape index (κ2) is 6.53. The zero-order chi connectivity index (χ0) is 15.4. The van der Waals surface area contributed by atoms with Crippen molar-refractivity contribution in [2.45, 2.75) is 20.4 Å². The Labute approximate surface area is 126 Å². The van der Waals surface area contributed by atoms with Crippen LogP contribution in [0, 0.1) is 12.7 Å². The number of halogens is 1. The monoisotopic (exact) mass is 309 g/mol. The second-order valence-corrected chi connectivity index (χ2v) is 5.68. The summed E-state index contributed by atoms with van der Waals surface area (Å²) < 4.78 is 18.8. The zero-order valence-electron chi connectivity index (χ0n) is 11.8. The maximum absolute atomic E-state index is 13.9. The molecule has 7 heteroatoms. The summed E-state index contributed by atoms with van der Waals surface area (Å²) in [7, 11) is 0. The summed E-state index contributed by atoms with van der Waals surface area (Å²) in [4.78, 5) is 17.0. The molecule has 112 valence electrons. The molecule has 2 rings (SSSR count). The molecular formula is C14H16FN3O2S. The van der Waals surface area contributed by atoms with E-state index in [9.17, 15) is 9.18 Å². The Morgan fingerprint density at radius 1 is 1.52 bits per heavy atom. The molecule has 1 aromatic carbocycles. The van der Waals surface area contributed by atoms with Gasteiger partial charge in [0.05, 0.1) is 24.4 Å². The Morgan fingerprint density at radius 3 is 2.90 bits per heavy atom. The van der Waals surface area contributed by atoms with Crippen molar-refractivity contribution in [3.63, 3.8) is 0 Å². The highest BCUT2D eigenvalue weighted by molar-refractivity contribution is 7.11. The first-order chi connectivity index (χ1) is 10.0. The minimum atomic E-state index is -0.567. The Bertz CT molecular complexity index is 658. The fourth-order valence-electron chi connectivity index (χ4n) is 1.76. The molecule has 0 unspecified atom stereocenters. The number of carbonyl (C=O) groups excluding carboxylic acids is 1. The summed E-state index contributed by atoms with van der Waals surface area (Å²) in [6.45, 7) is 4.25. The third-order valence-electron chi connectivity index (χ3n) is 2.73. The number of aromatic nitrogens is 1. The van der Waals surface area contributed by atoms with Gasteiger partial charge in [-0.25, -0.2) is 14.2 Å². The Kier molecular flexibility index (Phi) is 4.74. The van der Waals surface area contributed by atoms with Crippen LogP contribution in [-0.2, 0) is 11.3 Å². The first-order valence-corrected chi connectivity index (χ1v) is 7.24. The number of nitrogens with zero attached hydrogens (tertiary/aromatic N) is 1. The number of aryl methyl sites for hydroxylation is 1. The summed E-state index contributed by atoms with van der Waals surface area (Å²) in [6.07, 6.45) is 1.76. The smallest absolute Gasteiger partial charge is 0.340 e. The quantitative estimate of drug-likeness (QED) is 0.656. The number of nitrogen functional groups attached to an aromatic ring is 1. The van der Waals surface area contributed by atoms with E-state index < -0.39 is 11.8 Å². The van der Waals surface area contributed by atoms with E-state index in [1.54, 1.807) is 13.1 Å². The largest absolute Gasteiger partial charge is 0.462 e. The maximum Gasteiger partial charge on any atom is 0.340 e. The molecule has 3 N–H and O–H groups in total. The topological polar surface area (TPSA) is 77.2 Å². The SMILES string of the molecule is CCOC(=O)c1cc(NCc2ncc(C)s2)c(F)cc1N. The van der Waals surface area contributed by atoms with Gasteiger partial charge in [0, 0.05) is 16.8 Å². The van der Waals surface area contributed by atoms with Crippen molar-refractivity contribution in [2.75, 3.05) is 17.7 Å². The molecule has 0 aliphatic carbocycles. The maximum atomic E-state index is 13.9. The standard InChI is InChI=1S/C14H16FN3O2S/c1-3-20-14(19)9-4-12(10(15)5-11(9)16)17-7-13-18-6-8(2)21-13/h4-6,17H,3,7,16H2,1-2H3. The van der Waals surface area contributed by atoms with Crippen LogP contribution in [0.1, 0.15) is 27.2 Å². The highest BCUT2D eigenvalue weighted by atomic mass is 32.1. The molecule has 0 radical (unpaired) electrons. The van der Waals surface area contributed by atoms with Crippen molar-refractivity contribution >= 4 is 28.7 Å². The lowest BCUT2D eigenvalue weighted by Crippen LogP contribution is -2.10. The fourth-order valence-corrected chi connectivity index (χ4v) is 2.49. The highest BCUT2D eigenvalue weighted by Crippen LogP contribution is 2.24. The molecular weight excluding hydrogens is 293 g/mol. The average Bonchev–Trinajstić information content (AvgIpc) is 2.83. The number of anilines is 2. The molecule has 0 spiro atoms. The van der Waals surface area contributed by atoms with Gasteiger partial charge in [-0.1, -0.05) is 0 Å². The molecule has 0 bridgehead atoms. The number of nitrogens with one attached hydrogen (secondary N) is 1. The predicted octanol–water partition coefficient (Wildman–Crippen LogP) is 2.96. The minimum absolute atomic E-state index is 0.0570. The van der Waals surface area contributed by atoms with E-state index in [-0.39, 0.29) is 23.5 Å². The summed E-state index contributed by atoms with van der Waals surface area (Å²) in [5, 5.41) is 3.75. The van der Waals surface area contributed by atoms with Gasteiger partial charge in [-0.3, -0.25) is 0 Å². The van der Waals surface area contributed by atoms with Crippen LogP contribution >= 0.6 is 11.3 Å². The van der Waals surface area contributed by atoms with Crippen LogP contribution in [0.5, 0.6) is 0 Å². The van der Waals surface area contributed by atoms with Gasteiger partial charge in [0.25, 0.3) is 0 Å². The number of ether oxygens (including phenoxy) is 1. The van der Waals surface area contributed by atoms with Crippen LogP contribution in [-0.4, -0.2) is 17.6 Å². The third kappa shape index (κ3) is 3.69. The number of benzene rings is 1. The van der Waals surface area contributed by atoms with Gasteiger partial charge >= 0.3 is 5.97 Å². The van der Waals surface area contributed by atoms with Crippen LogP contribution in [0.4, 0.5) is 15.8 Å². The van der Waals surface area contributed by atoms with E-state index >= 15 is 0 Å². The van der Waals surface area contributed by atoms with E-state index in [4.69, 9.17) is 10.5 Å². The molecule has 1 heterocycles. The third-order valence-corrected chi connectivity index (χ3v) is 3.65. The van der Waals surface area contributed by atoms with Crippen molar-refractivity contribution in [1.29, 1.82) is 0 Å². The molecule has 1 aromatic heterocycles. The number of hydrogen-bond acceptors (Lipinski definition) is 6. The average molecular weight is 309 g/mol. The number of carbonyl (C=O) groups is 1. The van der Waals surface area contributed by atoms with Gasteiger partial charge in [-0.05, 0) is 26.0 Å². The summed E-state index contributed by atoms with van der Waals surface area (Å²) in [5.74, 6) is -1.09. The van der Waals surface area contributed by atoms with E-state index in [1.807, 2.05) is 6.92 Å². The minimum Gasteiger partial charge on any atom is -0.462 e. The number of rotatable bonds is 5. The van der Waals surface area contributed by atoms with Gasteiger partial charge in [0.15, 0.2) is 0 Å².